The molecule has 9 nitrogen and oxygen atoms in total. The van der Waals surface area contributed by atoms with Crippen molar-refractivity contribution in [2.45, 2.75) is 13.0 Å². The predicted octanol–water partition coefficient (Wildman–Crippen LogP) is 1.77. The van der Waals surface area contributed by atoms with Crippen LogP contribution in [0.5, 0.6) is 17.2 Å². The van der Waals surface area contributed by atoms with Gasteiger partial charge in [-0.1, -0.05) is 6.07 Å². The number of hydrogen-bond donors (Lipinski definition) is 2. The summed E-state index contributed by atoms with van der Waals surface area (Å²) in [6, 6.07) is 11.5. The molecule has 0 radical (unpaired) electrons. The number of carbonyl (C=O) groups is 3. The Balaban J connectivity index is 1.47. The molecule has 2 N–H and O–H groups in total. The number of esters is 1. The smallest absolute Gasteiger partial charge is 0.326 e. The zero-order valence-electron chi connectivity index (χ0n) is 16.6. The molecule has 0 aliphatic carbocycles. The summed E-state index contributed by atoms with van der Waals surface area (Å²) in [4.78, 5) is 36.4. The maximum Gasteiger partial charge on any atom is 0.326 e. The molecule has 2 aromatic rings. The first-order valence-corrected chi connectivity index (χ1v) is 9.28. The van der Waals surface area contributed by atoms with Gasteiger partial charge < -0.3 is 29.6 Å². The number of carbonyl (C=O) groups excluding carboxylic acids is 3. The summed E-state index contributed by atoms with van der Waals surface area (Å²) in [6.45, 7) is 1.97. The summed E-state index contributed by atoms with van der Waals surface area (Å²) in [5, 5.41) is 5.09. The van der Waals surface area contributed by atoms with E-state index in [2.05, 4.69) is 10.6 Å². The fraction of sp³-hybridized carbons (Fsp3) is 0.286. The Morgan fingerprint density at radius 2 is 1.83 bits per heavy atom. The monoisotopic (exact) mass is 414 g/mol. The maximum absolute atomic E-state index is 12.3. The van der Waals surface area contributed by atoms with E-state index in [4.69, 9.17) is 18.9 Å². The molecule has 0 unspecified atom stereocenters. The summed E-state index contributed by atoms with van der Waals surface area (Å²) < 4.78 is 21.0. The maximum atomic E-state index is 12.3. The number of benzene rings is 2. The van der Waals surface area contributed by atoms with E-state index in [-0.39, 0.29) is 6.54 Å². The minimum atomic E-state index is -1.06. The van der Waals surface area contributed by atoms with Crippen molar-refractivity contribution in [3.8, 4) is 17.2 Å². The SMILES string of the molecule is COc1cccc(C(=O)NCC(=O)O[C@@H](C)C(=O)Nc2ccc3c(c2)OCCO3)c1. The second-order valence-corrected chi connectivity index (χ2v) is 6.39. The molecule has 0 bridgehead atoms. The quantitative estimate of drug-likeness (QED) is 0.664. The number of methoxy groups -OCH3 is 1. The summed E-state index contributed by atoms with van der Waals surface area (Å²) >= 11 is 0. The highest BCUT2D eigenvalue weighted by molar-refractivity contribution is 5.97. The molecule has 2 aromatic carbocycles. The predicted molar refractivity (Wildman–Crippen MR) is 107 cm³/mol. The largest absolute Gasteiger partial charge is 0.497 e. The average molecular weight is 414 g/mol. The van der Waals surface area contributed by atoms with E-state index in [9.17, 15) is 14.4 Å². The fourth-order valence-corrected chi connectivity index (χ4v) is 2.68. The van der Waals surface area contributed by atoms with Crippen LogP contribution in [-0.2, 0) is 14.3 Å². The first-order chi connectivity index (χ1) is 14.5. The number of hydrogen-bond acceptors (Lipinski definition) is 7. The van der Waals surface area contributed by atoms with Crippen LogP contribution in [0.2, 0.25) is 0 Å². The van der Waals surface area contributed by atoms with Gasteiger partial charge in [-0.05, 0) is 37.3 Å². The van der Waals surface area contributed by atoms with Gasteiger partial charge in [-0.3, -0.25) is 14.4 Å². The van der Waals surface area contributed by atoms with Crippen LogP contribution >= 0.6 is 0 Å². The molecule has 0 fully saturated rings. The van der Waals surface area contributed by atoms with Crippen LogP contribution in [0.25, 0.3) is 0 Å². The highest BCUT2D eigenvalue weighted by atomic mass is 16.6. The van der Waals surface area contributed by atoms with Crippen LogP contribution in [0.15, 0.2) is 42.5 Å². The normalized spacial score (nSPS) is 13.0. The Morgan fingerprint density at radius 3 is 2.60 bits per heavy atom. The molecular weight excluding hydrogens is 392 g/mol. The molecule has 0 saturated heterocycles. The van der Waals surface area contributed by atoms with E-state index in [1.165, 1.54) is 14.0 Å². The number of nitrogens with one attached hydrogen (secondary N) is 2. The van der Waals surface area contributed by atoms with Gasteiger partial charge in [-0.2, -0.15) is 0 Å². The number of anilines is 1. The molecular formula is C21H22N2O7. The Bertz CT molecular complexity index is 945. The van der Waals surface area contributed by atoms with Gasteiger partial charge >= 0.3 is 5.97 Å². The van der Waals surface area contributed by atoms with Gasteiger partial charge in [-0.15, -0.1) is 0 Å². The lowest BCUT2D eigenvalue weighted by Crippen LogP contribution is -2.35. The standard InChI is InChI=1S/C21H22N2O7/c1-13(20(25)23-15-6-7-17-18(11-15)29-9-8-28-17)30-19(24)12-22-21(26)14-4-3-5-16(10-14)27-2/h3-7,10-11,13H,8-9,12H2,1-2H3,(H,22,26)(H,23,25)/t13-/m0/s1. The van der Waals surface area contributed by atoms with Crippen molar-refractivity contribution in [1.82, 2.24) is 5.32 Å². The van der Waals surface area contributed by atoms with Crippen molar-refractivity contribution in [2.75, 3.05) is 32.2 Å². The summed E-state index contributed by atoms with van der Waals surface area (Å²) in [5.74, 6) is -0.0569. The van der Waals surface area contributed by atoms with Crippen LogP contribution in [0, 0.1) is 0 Å². The first-order valence-electron chi connectivity index (χ1n) is 9.28. The second kappa shape index (κ2) is 9.64. The van der Waals surface area contributed by atoms with Gasteiger partial charge in [0, 0.05) is 17.3 Å². The van der Waals surface area contributed by atoms with E-state index in [1.807, 2.05) is 0 Å². The molecule has 0 saturated carbocycles. The van der Waals surface area contributed by atoms with Crippen LogP contribution < -0.4 is 24.8 Å². The van der Waals surface area contributed by atoms with Crippen LogP contribution in [0.4, 0.5) is 5.69 Å². The molecule has 2 amide bonds. The number of ether oxygens (including phenoxy) is 4. The molecule has 0 aromatic heterocycles. The fourth-order valence-electron chi connectivity index (χ4n) is 2.68. The number of fused-ring (bicyclic) bond motifs is 1. The topological polar surface area (TPSA) is 112 Å². The van der Waals surface area contributed by atoms with E-state index in [1.54, 1.807) is 42.5 Å². The summed E-state index contributed by atoms with van der Waals surface area (Å²) in [7, 11) is 1.49. The average Bonchev–Trinajstić information content (AvgIpc) is 2.77. The Hall–Kier alpha value is -3.75. The van der Waals surface area contributed by atoms with Crippen molar-refractivity contribution in [3.05, 3.63) is 48.0 Å². The lowest BCUT2D eigenvalue weighted by molar-refractivity contribution is -0.152. The van der Waals surface area contributed by atoms with Gasteiger partial charge in [0.25, 0.3) is 11.8 Å². The van der Waals surface area contributed by atoms with E-state index < -0.39 is 23.9 Å². The third kappa shape index (κ3) is 5.40. The van der Waals surface area contributed by atoms with Crippen LogP contribution in [0.1, 0.15) is 17.3 Å². The highest BCUT2D eigenvalue weighted by Gasteiger charge is 2.20. The van der Waals surface area contributed by atoms with Gasteiger partial charge in [0.05, 0.1) is 7.11 Å². The Labute approximate surface area is 173 Å². The van der Waals surface area contributed by atoms with Crippen molar-refractivity contribution in [2.24, 2.45) is 0 Å². The number of amides is 2. The van der Waals surface area contributed by atoms with E-state index >= 15 is 0 Å². The Morgan fingerprint density at radius 1 is 1.07 bits per heavy atom. The van der Waals surface area contributed by atoms with Gasteiger partial charge in [0.2, 0.25) is 0 Å². The lowest BCUT2D eigenvalue weighted by Gasteiger charge is -2.19. The molecule has 1 aliphatic rings. The van der Waals surface area contributed by atoms with Gasteiger partial charge in [-0.25, -0.2) is 0 Å². The molecule has 1 aliphatic heterocycles. The summed E-state index contributed by atoms with van der Waals surface area (Å²) in [5.41, 5.74) is 0.824. The van der Waals surface area contributed by atoms with Crippen molar-refractivity contribution in [1.29, 1.82) is 0 Å². The van der Waals surface area contributed by atoms with Crippen molar-refractivity contribution >= 4 is 23.5 Å². The molecule has 30 heavy (non-hydrogen) atoms. The van der Waals surface area contributed by atoms with Gasteiger partial charge in [0.1, 0.15) is 25.5 Å². The third-order valence-corrected chi connectivity index (χ3v) is 4.21. The zero-order valence-corrected chi connectivity index (χ0v) is 16.6. The van der Waals surface area contributed by atoms with E-state index in [0.717, 1.165) is 0 Å². The summed E-state index contributed by atoms with van der Waals surface area (Å²) in [6.07, 6.45) is -1.06. The van der Waals surface area contributed by atoms with E-state index in [0.29, 0.717) is 41.7 Å². The molecule has 1 heterocycles. The first kappa shape index (κ1) is 21.0. The van der Waals surface area contributed by atoms with Gasteiger partial charge in [0.15, 0.2) is 17.6 Å². The van der Waals surface area contributed by atoms with Crippen molar-refractivity contribution in [3.63, 3.8) is 0 Å². The van der Waals surface area contributed by atoms with Crippen LogP contribution in [-0.4, -0.2) is 50.8 Å². The Kier molecular flexibility index (Phi) is 6.74. The zero-order chi connectivity index (χ0) is 21.5. The third-order valence-electron chi connectivity index (χ3n) is 4.21. The molecule has 3 rings (SSSR count). The number of rotatable bonds is 7. The molecule has 1 atom stereocenters. The molecule has 0 spiro atoms. The second-order valence-electron chi connectivity index (χ2n) is 6.39. The van der Waals surface area contributed by atoms with Crippen molar-refractivity contribution < 1.29 is 33.3 Å². The highest BCUT2D eigenvalue weighted by Crippen LogP contribution is 2.32. The molecule has 9 heteroatoms. The lowest BCUT2D eigenvalue weighted by atomic mass is 10.2. The minimum absolute atomic E-state index is 0.339. The molecule has 158 valence electrons. The van der Waals surface area contributed by atoms with Crippen LogP contribution in [0.3, 0.4) is 0 Å². The minimum Gasteiger partial charge on any atom is -0.497 e.